The number of hydrogen-bond acceptors (Lipinski definition) is 1. The van der Waals surface area contributed by atoms with Crippen molar-refractivity contribution in [3.05, 3.63) is 35.9 Å². The molecule has 1 aliphatic rings. The van der Waals surface area contributed by atoms with Crippen molar-refractivity contribution in [2.24, 2.45) is 5.92 Å². The molecule has 0 radical (unpaired) electrons. The highest BCUT2D eigenvalue weighted by molar-refractivity contribution is 5.79. The normalized spacial score (nSPS) is 27.3. The quantitative estimate of drug-likeness (QED) is 0.693. The Bertz CT molecular complexity index is 307. The Hall–Kier alpha value is -1.31. The molecule has 0 saturated carbocycles. The van der Waals surface area contributed by atoms with E-state index in [2.05, 4.69) is 24.4 Å². The van der Waals surface area contributed by atoms with E-state index in [4.69, 9.17) is 0 Å². The molecule has 0 unspecified atom stereocenters. The molecule has 1 aromatic carbocycles. The third-order valence-corrected chi connectivity index (χ3v) is 2.55. The minimum Gasteiger partial charge on any atom is -0.349 e. The number of hydrogen-bond donors (Lipinski definition) is 1. The van der Waals surface area contributed by atoms with Crippen molar-refractivity contribution < 1.29 is 4.79 Å². The Kier molecular flexibility index (Phi) is 2.05. The van der Waals surface area contributed by atoms with Gasteiger partial charge in [0.1, 0.15) is 0 Å². The van der Waals surface area contributed by atoms with Gasteiger partial charge in [0.05, 0.1) is 6.04 Å². The van der Waals surface area contributed by atoms with E-state index in [1.165, 1.54) is 5.56 Å². The number of nitrogens with one attached hydrogen (secondary N) is 1. The molecule has 1 fully saturated rings. The maximum Gasteiger partial charge on any atom is 0.220 e. The maximum atomic E-state index is 11.1. The van der Waals surface area contributed by atoms with E-state index in [-0.39, 0.29) is 11.9 Å². The van der Waals surface area contributed by atoms with Crippen LogP contribution >= 0.6 is 0 Å². The van der Waals surface area contributed by atoms with Crippen molar-refractivity contribution in [3.8, 4) is 0 Å². The van der Waals surface area contributed by atoms with Crippen LogP contribution in [0, 0.1) is 5.92 Å². The number of benzene rings is 1. The van der Waals surface area contributed by atoms with Gasteiger partial charge < -0.3 is 5.32 Å². The van der Waals surface area contributed by atoms with Crippen LogP contribution in [0.5, 0.6) is 0 Å². The summed E-state index contributed by atoms with van der Waals surface area (Å²) in [4.78, 5) is 11.1. The minimum absolute atomic E-state index is 0.168. The van der Waals surface area contributed by atoms with E-state index in [9.17, 15) is 4.79 Å². The van der Waals surface area contributed by atoms with Gasteiger partial charge in [-0.3, -0.25) is 4.79 Å². The predicted molar refractivity (Wildman–Crippen MR) is 51.1 cm³/mol. The molecule has 0 aromatic heterocycles. The molecule has 2 atom stereocenters. The Morgan fingerprint density at radius 1 is 1.31 bits per heavy atom. The monoisotopic (exact) mass is 175 g/mol. The fourth-order valence-corrected chi connectivity index (χ4v) is 1.86. The van der Waals surface area contributed by atoms with Gasteiger partial charge in [0, 0.05) is 6.42 Å². The van der Waals surface area contributed by atoms with E-state index in [0.29, 0.717) is 12.3 Å². The van der Waals surface area contributed by atoms with Gasteiger partial charge in [-0.1, -0.05) is 37.3 Å². The molecule has 0 spiro atoms. The first-order valence-electron chi connectivity index (χ1n) is 4.61. The highest BCUT2D eigenvalue weighted by Crippen LogP contribution is 2.29. The van der Waals surface area contributed by atoms with Crippen LogP contribution in [0.15, 0.2) is 30.3 Å². The topological polar surface area (TPSA) is 29.1 Å². The lowest BCUT2D eigenvalue weighted by atomic mass is 9.96. The maximum absolute atomic E-state index is 11.1. The molecule has 13 heavy (non-hydrogen) atoms. The van der Waals surface area contributed by atoms with Crippen molar-refractivity contribution in [3.63, 3.8) is 0 Å². The van der Waals surface area contributed by atoms with Gasteiger partial charge in [0.15, 0.2) is 0 Å². The average Bonchev–Trinajstić information content (AvgIpc) is 2.47. The molecule has 1 aliphatic heterocycles. The van der Waals surface area contributed by atoms with E-state index in [0.717, 1.165) is 0 Å². The molecule has 1 amide bonds. The molecule has 2 nitrogen and oxygen atoms in total. The summed E-state index contributed by atoms with van der Waals surface area (Å²) in [5.41, 5.74) is 1.21. The summed E-state index contributed by atoms with van der Waals surface area (Å²) in [5.74, 6) is 0.580. The van der Waals surface area contributed by atoms with Gasteiger partial charge in [-0.05, 0) is 11.5 Å². The van der Waals surface area contributed by atoms with Crippen molar-refractivity contribution in [2.45, 2.75) is 19.4 Å². The second-order valence-electron chi connectivity index (χ2n) is 3.64. The molecule has 0 bridgehead atoms. The second-order valence-corrected chi connectivity index (χ2v) is 3.64. The Morgan fingerprint density at radius 2 is 2.00 bits per heavy atom. The zero-order chi connectivity index (χ0) is 9.26. The molecule has 1 aromatic rings. The smallest absolute Gasteiger partial charge is 0.220 e. The first-order chi connectivity index (χ1) is 6.27. The van der Waals surface area contributed by atoms with Crippen LogP contribution < -0.4 is 5.32 Å². The molecule has 1 saturated heterocycles. The van der Waals surface area contributed by atoms with Crippen LogP contribution in [-0.2, 0) is 4.79 Å². The van der Waals surface area contributed by atoms with Gasteiger partial charge in [0.2, 0.25) is 5.91 Å². The molecule has 1 N–H and O–H groups in total. The molecular formula is C11H13NO. The lowest BCUT2D eigenvalue weighted by Crippen LogP contribution is -2.19. The largest absolute Gasteiger partial charge is 0.349 e. The summed E-state index contributed by atoms with van der Waals surface area (Å²) in [6.07, 6.45) is 0.652. The number of carbonyl (C=O) groups is 1. The zero-order valence-corrected chi connectivity index (χ0v) is 7.66. The van der Waals surface area contributed by atoms with Crippen LogP contribution in [-0.4, -0.2) is 5.91 Å². The summed E-state index contributed by atoms with van der Waals surface area (Å²) < 4.78 is 0. The summed E-state index contributed by atoms with van der Waals surface area (Å²) in [6.45, 7) is 2.11. The van der Waals surface area contributed by atoms with Crippen molar-refractivity contribution >= 4 is 5.91 Å². The Labute approximate surface area is 78.0 Å². The van der Waals surface area contributed by atoms with Crippen LogP contribution in [0.3, 0.4) is 0 Å². The summed E-state index contributed by atoms with van der Waals surface area (Å²) in [6, 6.07) is 10.3. The number of amides is 1. The molecule has 2 rings (SSSR count). The van der Waals surface area contributed by atoms with Gasteiger partial charge in [-0.25, -0.2) is 0 Å². The van der Waals surface area contributed by atoms with E-state index in [1.807, 2.05) is 18.2 Å². The van der Waals surface area contributed by atoms with Gasteiger partial charge in [0.25, 0.3) is 0 Å². The fraction of sp³-hybridized carbons (Fsp3) is 0.364. The standard InChI is InChI=1S/C11H13NO/c1-8-7-10(13)12-11(8)9-5-3-2-4-6-9/h2-6,8,11H,7H2,1H3,(H,12,13)/t8-,11-/m0/s1. The zero-order valence-electron chi connectivity index (χ0n) is 7.66. The lowest BCUT2D eigenvalue weighted by Gasteiger charge is -2.14. The van der Waals surface area contributed by atoms with Crippen LogP contribution in [0.1, 0.15) is 24.9 Å². The lowest BCUT2D eigenvalue weighted by molar-refractivity contribution is -0.119. The molecule has 0 aliphatic carbocycles. The van der Waals surface area contributed by atoms with Crippen LogP contribution in [0.2, 0.25) is 0 Å². The summed E-state index contributed by atoms with van der Waals surface area (Å²) in [5, 5.41) is 2.98. The third-order valence-electron chi connectivity index (χ3n) is 2.55. The molecule has 2 heteroatoms. The van der Waals surface area contributed by atoms with Crippen molar-refractivity contribution in [1.29, 1.82) is 0 Å². The third kappa shape index (κ3) is 1.57. The second kappa shape index (κ2) is 3.21. The van der Waals surface area contributed by atoms with Crippen molar-refractivity contribution in [1.82, 2.24) is 5.32 Å². The molecule has 1 heterocycles. The number of rotatable bonds is 1. The van der Waals surface area contributed by atoms with E-state index in [1.54, 1.807) is 0 Å². The predicted octanol–water partition coefficient (Wildman–Crippen LogP) is 1.88. The van der Waals surface area contributed by atoms with Crippen LogP contribution in [0.4, 0.5) is 0 Å². The fourth-order valence-electron chi connectivity index (χ4n) is 1.86. The van der Waals surface area contributed by atoms with Gasteiger partial charge in [-0.2, -0.15) is 0 Å². The van der Waals surface area contributed by atoms with Crippen LogP contribution in [0.25, 0.3) is 0 Å². The minimum atomic E-state index is 0.168. The average molecular weight is 175 g/mol. The highest BCUT2D eigenvalue weighted by atomic mass is 16.1. The molecular weight excluding hydrogens is 162 g/mol. The van der Waals surface area contributed by atoms with E-state index >= 15 is 0 Å². The SMILES string of the molecule is C[C@H]1CC(=O)N[C@@H]1c1ccccc1. The highest BCUT2D eigenvalue weighted by Gasteiger charge is 2.29. The Balaban J connectivity index is 2.23. The number of carbonyl (C=O) groups excluding carboxylic acids is 1. The first kappa shape index (κ1) is 8.30. The Morgan fingerprint density at radius 3 is 2.54 bits per heavy atom. The molecule has 68 valence electrons. The van der Waals surface area contributed by atoms with Crippen molar-refractivity contribution in [2.75, 3.05) is 0 Å². The summed E-state index contributed by atoms with van der Waals surface area (Å²) >= 11 is 0. The van der Waals surface area contributed by atoms with E-state index < -0.39 is 0 Å². The van der Waals surface area contributed by atoms with Gasteiger partial charge >= 0.3 is 0 Å². The first-order valence-corrected chi connectivity index (χ1v) is 4.61. The summed E-state index contributed by atoms with van der Waals surface area (Å²) in [7, 11) is 0. The van der Waals surface area contributed by atoms with Gasteiger partial charge in [-0.15, -0.1) is 0 Å².